The van der Waals surface area contributed by atoms with Gasteiger partial charge in [-0.05, 0) is 24.6 Å². The van der Waals surface area contributed by atoms with Gasteiger partial charge in [0.2, 0.25) is 5.91 Å². The number of rotatable bonds is 6. The fourth-order valence-electron chi connectivity index (χ4n) is 2.01. The average Bonchev–Trinajstić information content (AvgIpc) is 2.42. The molecule has 0 saturated heterocycles. The first kappa shape index (κ1) is 17.1. The van der Waals surface area contributed by atoms with Crippen LogP contribution in [0.15, 0.2) is 33.5 Å². The molecular weight excluding hydrogens is 324 g/mol. The highest BCUT2D eigenvalue weighted by atomic mass is 32.2. The number of carbonyl (C=O) groups is 1. The van der Waals surface area contributed by atoms with Gasteiger partial charge >= 0.3 is 5.63 Å². The summed E-state index contributed by atoms with van der Waals surface area (Å²) in [5.74, 6) is -0.865. The van der Waals surface area contributed by atoms with Crippen LogP contribution in [0.2, 0.25) is 0 Å². The van der Waals surface area contributed by atoms with Crippen LogP contribution >= 0.6 is 0 Å². The van der Waals surface area contributed by atoms with Crippen LogP contribution in [0.5, 0.6) is 0 Å². The van der Waals surface area contributed by atoms with Gasteiger partial charge in [0.25, 0.3) is 10.1 Å². The molecular formula is C14H16N2O6S. The molecule has 1 heterocycles. The maximum atomic E-state index is 11.7. The average molecular weight is 340 g/mol. The van der Waals surface area contributed by atoms with E-state index < -0.39 is 27.4 Å². The van der Waals surface area contributed by atoms with E-state index in [1.54, 1.807) is 25.1 Å². The van der Waals surface area contributed by atoms with E-state index in [1.165, 1.54) is 6.07 Å². The standard InChI is InChI=1S/C14H16N2O6S/c1-9-6-14(18)22-12-7-10(2-3-11(9)12)16-13(17)8-15-4-5-23(19,20)21/h2-3,6-7,15H,4-5,8H2,1H3,(H,16,17)(H,19,20,21). The Balaban J connectivity index is 1.99. The third-order valence-corrected chi connectivity index (χ3v) is 3.78. The van der Waals surface area contributed by atoms with E-state index >= 15 is 0 Å². The molecule has 2 rings (SSSR count). The molecule has 8 nitrogen and oxygen atoms in total. The van der Waals surface area contributed by atoms with Crippen molar-refractivity contribution < 1.29 is 22.2 Å². The lowest BCUT2D eigenvalue weighted by molar-refractivity contribution is -0.115. The van der Waals surface area contributed by atoms with Gasteiger partial charge in [-0.25, -0.2) is 4.79 Å². The molecule has 0 unspecified atom stereocenters. The molecule has 0 saturated carbocycles. The Kier molecular flexibility index (Phi) is 5.14. The number of amides is 1. The van der Waals surface area contributed by atoms with Crippen molar-refractivity contribution in [3.05, 3.63) is 40.2 Å². The molecule has 1 amide bonds. The van der Waals surface area contributed by atoms with Gasteiger partial charge in [0.05, 0.1) is 12.3 Å². The van der Waals surface area contributed by atoms with E-state index in [0.717, 1.165) is 10.9 Å². The molecule has 0 aliphatic carbocycles. The normalized spacial score (nSPS) is 11.6. The number of anilines is 1. The predicted octanol–water partition coefficient (Wildman–Crippen LogP) is 0.517. The lowest BCUT2D eigenvalue weighted by Crippen LogP contribution is -2.31. The van der Waals surface area contributed by atoms with Gasteiger partial charge in [0.1, 0.15) is 5.58 Å². The minimum atomic E-state index is -4.05. The summed E-state index contributed by atoms with van der Waals surface area (Å²) in [7, 11) is -4.05. The molecule has 124 valence electrons. The van der Waals surface area contributed by atoms with Crippen LogP contribution in [0.1, 0.15) is 5.56 Å². The van der Waals surface area contributed by atoms with Gasteiger partial charge in [-0.3, -0.25) is 9.35 Å². The summed E-state index contributed by atoms with van der Waals surface area (Å²) in [6.07, 6.45) is 0. The molecule has 23 heavy (non-hydrogen) atoms. The van der Waals surface area contributed by atoms with Gasteiger partial charge in [0, 0.05) is 29.8 Å². The first-order valence-corrected chi connectivity index (χ1v) is 8.36. The highest BCUT2D eigenvalue weighted by Gasteiger charge is 2.07. The van der Waals surface area contributed by atoms with E-state index in [4.69, 9.17) is 8.97 Å². The number of hydrogen-bond donors (Lipinski definition) is 3. The van der Waals surface area contributed by atoms with E-state index in [-0.39, 0.29) is 13.1 Å². The van der Waals surface area contributed by atoms with Crippen molar-refractivity contribution in [3.63, 3.8) is 0 Å². The second-order valence-corrected chi connectivity index (χ2v) is 6.54. The Labute approximate surface area is 132 Å². The Morgan fingerprint density at radius 1 is 1.30 bits per heavy atom. The summed E-state index contributed by atoms with van der Waals surface area (Å²) in [5, 5.41) is 5.96. The van der Waals surface area contributed by atoms with Crippen LogP contribution in [0, 0.1) is 6.92 Å². The molecule has 0 aliphatic heterocycles. The fourth-order valence-corrected chi connectivity index (χ4v) is 2.41. The van der Waals surface area contributed by atoms with Gasteiger partial charge in [0.15, 0.2) is 0 Å². The molecule has 0 fully saturated rings. The van der Waals surface area contributed by atoms with Crippen molar-refractivity contribution in [2.75, 3.05) is 24.2 Å². The van der Waals surface area contributed by atoms with Gasteiger partial charge < -0.3 is 15.1 Å². The summed E-state index contributed by atoms with van der Waals surface area (Å²) in [6.45, 7) is 1.63. The second kappa shape index (κ2) is 6.90. The molecule has 0 bridgehead atoms. The predicted molar refractivity (Wildman–Crippen MR) is 85.1 cm³/mol. The summed E-state index contributed by atoms with van der Waals surface area (Å²) >= 11 is 0. The molecule has 0 spiro atoms. The quantitative estimate of drug-likeness (QED) is 0.397. The lowest BCUT2D eigenvalue weighted by Gasteiger charge is -2.07. The SMILES string of the molecule is Cc1cc(=O)oc2cc(NC(=O)CNCCS(=O)(=O)O)ccc12. The van der Waals surface area contributed by atoms with Crippen molar-refractivity contribution in [2.24, 2.45) is 0 Å². The molecule has 3 N–H and O–H groups in total. The minimum Gasteiger partial charge on any atom is -0.423 e. The molecule has 0 aliphatic rings. The van der Waals surface area contributed by atoms with Crippen LogP contribution in [0.4, 0.5) is 5.69 Å². The number of nitrogens with one attached hydrogen (secondary N) is 2. The van der Waals surface area contributed by atoms with Gasteiger partial charge in [-0.2, -0.15) is 8.42 Å². The van der Waals surface area contributed by atoms with Crippen LogP contribution in [0.25, 0.3) is 11.0 Å². The molecule has 1 aromatic carbocycles. The molecule has 2 aromatic rings. The zero-order chi connectivity index (χ0) is 17.0. The number of carbonyl (C=O) groups excluding carboxylic acids is 1. The van der Waals surface area contributed by atoms with Crippen molar-refractivity contribution in [1.82, 2.24) is 5.32 Å². The van der Waals surface area contributed by atoms with Crippen LogP contribution in [-0.2, 0) is 14.9 Å². The van der Waals surface area contributed by atoms with E-state index in [0.29, 0.717) is 11.3 Å². The maximum absolute atomic E-state index is 11.7. The number of benzene rings is 1. The van der Waals surface area contributed by atoms with E-state index in [1.807, 2.05) is 0 Å². The fraction of sp³-hybridized carbons (Fsp3) is 0.286. The second-order valence-electron chi connectivity index (χ2n) is 4.97. The molecule has 1 aromatic heterocycles. The third-order valence-electron chi connectivity index (χ3n) is 3.06. The maximum Gasteiger partial charge on any atom is 0.336 e. The first-order valence-electron chi connectivity index (χ1n) is 6.75. The van der Waals surface area contributed by atoms with Crippen molar-refractivity contribution >= 4 is 32.7 Å². The molecule has 0 atom stereocenters. The Hall–Kier alpha value is -2.23. The van der Waals surface area contributed by atoms with E-state index in [9.17, 15) is 18.0 Å². The largest absolute Gasteiger partial charge is 0.423 e. The highest BCUT2D eigenvalue weighted by Crippen LogP contribution is 2.20. The van der Waals surface area contributed by atoms with Crippen molar-refractivity contribution in [3.8, 4) is 0 Å². The third kappa shape index (κ3) is 5.16. The van der Waals surface area contributed by atoms with Gasteiger partial charge in [-0.1, -0.05) is 0 Å². The number of fused-ring (bicyclic) bond motifs is 1. The van der Waals surface area contributed by atoms with E-state index in [2.05, 4.69) is 10.6 Å². The topological polar surface area (TPSA) is 126 Å². The summed E-state index contributed by atoms with van der Waals surface area (Å²) in [4.78, 5) is 23.1. The van der Waals surface area contributed by atoms with Crippen LogP contribution in [0.3, 0.4) is 0 Å². The summed E-state index contributed by atoms with van der Waals surface area (Å²) < 4.78 is 34.7. The Morgan fingerprint density at radius 3 is 2.74 bits per heavy atom. The summed E-state index contributed by atoms with van der Waals surface area (Å²) in [5.41, 5.74) is 1.13. The Morgan fingerprint density at radius 2 is 2.04 bits per heavy atom. The highest BCUT2D eigenvalue weighted by molar-refractivity contribution is 7.85. The van der Waals surface area contributed by atoms with Gasteiger partial charge in [-0.15, -0.1) is 0 Å². The Bertz CT molecular complexity index is 888. The van der Waals surface area contributed by atoms with Crippen LogP contribution in [-0.4, -0.2) is 37.7 Å². The summed E-state index contributed by atoms with van der Waals surface area (Å²) in [6, 6.07) is 6.33. The van der Waals surface area contributed by atoms with Crippen LogP contribution < -0.4 is 16.3 Å². The zero-order valence-electron chi connectivity index (χ0n) is 12.3. The first-order chi connectivity index (χ1) is 10.7. The van der Waals surface area contributed by atoms with Crippen molar-refractivity contribution in [1.29, 1.82) is 0 Å². The minimum absolute atomic E-state index is 0.0436. The zero-order valence-corrected chi connectivity index (χ0v) is 13.1. The monoisotopic (exact) mass is 340 g/mol. The smallest absolute Gasteiger partial charge is 0.336 e. The number of aryl methyl sites for hydroxylation is 1. The number of hydrogen-bond acceptors (Lipinski definition) is 6. The van der Waals surface area contributed by atoms with Crippen molar-refractivity contribution in [2.45, 2.75) is 6.92 Å². The molecule has 9 heteroatoms. The molecule has 0 radical (unpaired) electrons. The lowest BCUT2D eigenvalue weighted by atomic mass is 10.1.